The summed E-state index contributed by atoms with van der Waals surface area (Å²) in [5.41, 5.74) is 5.37. The number of nitrogens with zero attached hydrogens (tertiary/aromatic N) is 2. The maximum absolute atomic E-state index is 5.38. The maximum Gasteiger partial charge on any atom is 0.118 e. The van der Waals surface area contributed by atoms with E-state index in [1.807, 2.05) is 0 Å². The van der Waals surface area contributed by atoms with Crippen molar-refractivity contribution in [3.63, 3.8) is 0 Å². The summed E-state index contributed by atoms with van der Waals surface area (Å²) in [5.74, 6) is 0.908. The zero-order valence-electron chi connectivity index (χ0n) is 19.4. The normalized spacial score (nSPS) is 16.2. The first-order valence-electron chi connectivity index (χ1n) is 12.0. The van der Waals surface area contributed by atoms with Crippen LogP contribution in [0.4, 0.5) is 0 Å². The van der Waals surface area contributed by atoms with Crippen molar-refractivity contribution >= 4 is 10.9 Å². The fourth-order valence-electron chi connectivity index (χ4n) is 5.11. The summed E-state index contributed by atoms with van der Waals surface area (Å²) in [4.78, 5) is 8.66. The van der Waals surface area contributed by atoms with Gasteiger partial charge in [-0.2, -0.15) is 0 Å². The van der Waals surface area contributed by atoms with Gasteiger partial charge in [-0.25, -0.2) is 0 Å². The highest BCUT2D eigenvalue weighted by Gasteiger charge is 2.26. The summed E-state index contributed by atoms with van der Waals surface area (Å²) in [5, 5.41) is 1.37. The molecule has 0 radical (unpaired) electrons. The van der Waals surface area contributed by atoms with Gasteiger partial charge in [-0.15, -0.1) is 0 Å². The number of nitrogens with one attached hydrogen (secondary N) is 1. The smallest absolute Gasteiger partial charge is 0.118 e. The number of hydrogen-bond donors (Lipinski definition) is 1. The fraction of sp³-hybridized carbons (Fsp3) is 0.310. The number of aromatic nitrogens is 1. The largest absolute Gasteiger partial charge is 0.497 e. The minimum absolute atomic E-state index is 0.283. The Morgan fingerprint density at radius 1 is 0.818 bits per heavy atom. The number of piperazine rings is 1. The molecule has 0 spiro atoms. The number of aryl methyl sites for hydroxylation is 1. The SMILES string of the molecule is COc1ccc([C@H](c2ccccc2)N2CCN(CCCc3c[nH]c4ccccc34)CC2)cc1. The molecule has 1 aliphatic heterocycles. The van der Waals surface area contributed by atoms with E-state index in [4.69, 9.17) is 4.74 Å². The molecule has 170 valence electrons. The molecular weight excluding hydrogens is 406 g/mol. The number of para-hydroxylation sites is 1. The van der Waals surface area contributed by atoms with Gasteiger partial charge in [0, 0.05) is 43.3 Å². The number of hydrogen-bond acceptors (Lipinski definition) is 3. The van der Waals surface area contributed by atoms with Crippen LogP contribution >= 0.6 is 0 Å². The molecule has 0 unspecified atom stereocenters. The van der Waals surface area contributed by atoms with E-state index in [-0.39, 0.29) is 6.04 Å². The molecule has 33 heavy (non-hydrogen) atoms. The van der Waals surface area contributed by atoms with Crippen LogP contribution in [0.25, 0.3) is 10.9 Å². The molecule has 1 aliphatic rings. The molecule has 0 bridgehead atoms. The monoisotopic (exact) mass is 439 g/mol. The highest BCUT2D eigenvalue weighted by atomic mass is 16.5. The van der Waals surface area contributed by atoms with Crippen LogP contribution in [-0.4, -0.2) is 54.6 Å². The van der Waals surface area contributed by atoms with Crippen molar-refractivity contribution in [2.75, 3.05) is 39.8 Å². The molecule has 1 aromatic heterocycles. The first-order chi connectivity index (χ1) is 16.3. The molecule has 1 saturated heterocycles. The molecule has 1 N–H and O–H groups in total. The number of fused-ring (bicyclic) bond motifs is 1. The lowest BCUT2D eigenvalue weighted by Crippen LogP contribution is -2.48. The van der Waals surface area contributed by atoms with Crippen molar-refractivity contribution < 1.29 is 4.74 Å². The van der Waals surface area contributed by atoms with E-state index < -0.39 is 0 Å². The summed E-state index contributed by atoms with van der Waals surface area (Å²) in [6.07, 6.45) is 4.51. The Hall–Kier alpha value is -3.08. The number of rotatable bonds is 8. The van der Waals surface area contributed by atoms with E-state index in [0.29, 0.717) is 0 Å². The Bertz CT molecular complexity index is 1140. The van der Waals surface area contributed by atoms with E-state index in [0.717, 1.165) is 44.9 Å². The number of ether oxygens (including phenoxy) is 1. The van der Waals surface area contributed by atoms with E-state index in [1.54, 1.807) is 7.11 Å². The summed E-state index contributed by atoms with van der Waals surface area (Å²) in [7, 11) is 1.72. The Balaban J connectivity index is 1.20. The second kappa shape index (κ2) is 10.2. The third kappa shape index (κ3) is 4.97. The Morgan fingerprint density at radius 3 is 2.27 bits per heavy atom. The topological polar surface area (TPSA) is 31.5 Å². The van der Waals surface area contributed by atoms with Crippen LogP contribution in [-0.2, 0) is 6.42 Å². The van der Waals surface area contributed by atoms with Crippen molar-refractivity contribution in [3.8, 4) is 5.75 Å². The van der Waals surface area contributed by atoms with Gasteiger partial charge in [0.1, 0.15) is 5.75 Å². The van der Waals surface area contributed by atoms with E-state index in [9.17, 15) is 0 Å². The molecule has 0 saturated carbocycles. The zero-order valence-corrected chi connectivity index (χ0v) is 19.4. The van der Waals surface area contributed by atoms with Crippen LogP contribution in [0.15, 0.2) is 85.1 Å². The van der Waals surface area contributed by atoms with Gasteiger partial charge in [-0.05, 0) is 54.3 Å². The first-order valence-corrected chi connectivity index (χ1v) is 12.0. The second-order valence-corrected chi connectivity index (χ2v) is 8.93. The Labute approximate surface area is 196 Å². The molecule has 0 amide bonds. The second-order valence-electron chi connectivity index (χ2n) is 8.93. The van der Waals surface area contributed by atoms with Crippen LogP contribution in [0.1, 0.15) is 29.2 Å². The Kier molecular flexibility index (Phi) is 6.75. The van der Waals surface area contributed by atoms with E-state index >= 15 is 0 Å². The minimum Gasteiger partial charge on any atom is -0.497 e. The molecule has 5 rings (SSSR count). The summed E-state index contributed by atoms with van der Waals surface area (Å²) >= 11 is 0. The van der Waals surface area contributed by atoms with Gasteiger partial charge in [0.15, 0.2) is 0 Å². The third-order valence-electron chi connectivity index (χ3n) is 6.91. The van der Waals surface area contributed by atoms with Gasteiger partial charge in [0.2, 0.25) is 0 Å². The van der Waals surface area contributed by atoms with Gasteiger partial charge < -0.3 is 14.6 Å². The molecule has 1 atom stereocenters. The molecule has 0 aliphatic carbocycles. The lowest BCUT2D eigenvalue weighted by atomic mass is 9.96. The van der Waals surface area contributed by atoms with Gasteiger partial charge in [-0.3, -0.25) is 4.90 Å². The number of benzene rings is 3. The third-order valence-corrected chi connectivity index (χ3v) is 6.91. The molecule has 2 heterocycles. The van der Waals surface area contributed by atoms with E-state index in [2.05, 4.69) is 99.8 Å². The quantitative estimate of drug-likeness (QED) is 0.392. The highest BCUT2D eigenvalue weighted by molar-refractivity contribution is 5.82. The number of aromatic amines is 1. The minimum atomic E-state index is 0.283. The van der Waals surface area contributed by atoms with Gasteiger partial charge in [0.05, 0.1) is 13.2 Å². The van der Waals surface area contributed by atoms with Crippen LogP contribution in [0.3, 0.4) is 0 Å². The molecule has 1 fully saturated rings. The highest BCUT2D eigenvalue weighted by Crippen LogP contribution is 2.31. The molecule has 4 nitrogen and oxygen atoms in total. The summed E-state index contributed by atoms with van der Waals surface area (Å²) in [6.45, 7) is 5.56. The average Bonchev–Trinajstić information content (AvgIpc) is 3.29. The molecule has 4 aromatic rings. The van der Waals surface area contributed by atoms with E-state index in [1.165, 1.54) is 34.0 Å². The summed E-state index contributed by atoms with van der Waals surface area (Å²) < 4.78 is 5.38. The predicted octanol–water partition coefficient (Wildman–Crippen LogP) is 5.52. The molecule has 3 aromatic carbocycles. The van der Waals surface area contributed by atoms with Crippen LogP contribution in [0, 0.1) is 0 Å². The van der Waals surface area contributed by atoms with Crippen molar-refractivity contribution in [1.29, 1.82) is 0 Å². The van der Waals surface area contributed by atoms with Gasteiger partial charge in [-0.1, -0.05) is 60.7 Å². The van der Waals surface area contributed by atoms with Crippen molar-refractivity contribution in [1.82, 2.24) is 14.8 Å². The summed E-state index contributed by atoms with van der Waals surface area (Å²) in [6, 6.07) is 28.4. The van der Waals surface area contributed by atoms with Gasteiger partial charge >= 0.3 is 0 Å². The fourth-order valence-corrected chi connectivity index (χ4v) is 5.11. The van der Waals surface area contributed by atoms with Crippen LogP contribution in [0.5, 0.6) is 5.75 Å². The zero-order chi connectivity index (χ0) is 22.5. The lowest BCUT2D eigenvalue weighted by Gasteiger charge is -2.40. The lowest BCUT2D eigenvalue weighted by molar-refractivity contribution is 0.109. The van der Waals surface area contributed by atoms with Crippen LogP contribution < -0.4 is 4.74 Å². The Morgan fingerprint density at radius 2 is 1.52 bits per heavy atom. The van der Waals surface area contributed by atoms with Crippen molar-refractivity contribution in [2.24, 2.45) is 0 Å². The van der Waals surface area contributed by atoms with Crippen LogP contribution in [0.2, 0.25) is 0 Å². The molecule has 4 heteroatoms. The number of H-pyrrole nitrogens is 1. The van der Waals surface area contributed by atoms with Crippen molar-refractivity contribution in [2.45, 2.75) is 18.9 Å². The average molecular weight is 440 g/mol. The maximum atomic E-state index is 5.38. The standard InChI is InChI=1S/C29H33N3O/c1-33-26-15-13-24(14-16-26)29(23-8-3-2-4-9-23)32-20-18-31(19-21-32)17-7-10-25-22-30-28-12-6-5-11-27(25)28/h2-6,8-9,11-16,22,29-30H,7,10,17-21H2,1H3/t29-/m0/s1. The van der Waals surface area contributed by atoms with Crippen molar-refractivity contribution in [3.05, 3.63) is 102 Å². The van der Waals surface area contributed by atoms with Gasteiger partial charge in [0.25, 0.3) is 0 Å². The first kappa shape index (κ1) is 21.7. The molecular formula is C29H33N3O. The number of methoxy groups -OCH3 is 1. The predicted molar refractivity (Wildman–Crippen MR) is 136 cm³/mol.